The molecule has 1 nitrogen and oxygen atoms in total. The molecule has 0 bridgehead atoms. The Kier molecular flexibility index (Phi) is 4.34. The van der Waals surface area contributed by atoms with Crippen LogP contribution in [0.2, 0.25) is 10.0 Å². The molecule has 98 valence electrons. The van der Waals surface area contributed by atoms with Gasteiger partial charge in [-0.2, -0.15) is 0 Å². The highest BCUT2D eigenvalue weighted by Gasteiger charge is 2.38. The van der Waals surface area contributed by atoms with E-state index >= 15 is 0 Å². The summed E-state index contributed by atoms with van der Waals surface area (Å²) < 4.78 is 0. The van der Waals surface area contributed by atoms with Crippen molar-refractivity contribution in [3.63, 3.8) is 0 Å². The van der Waals surface area contributed by atoms with E-state index in [4.69, 9.17) is 23.2 Å². The Hall–Kier alpha value is -0.530. The summed E-state index contributed by atoms with van der Waals surface area (Å²) in [5.74, 6) is 0.362. The van der Waals surface area contributed by atoms with Crippen LogP contribution in [0.4, 0.5) is 0 Å². The van der Waals surface area contributed by atoms with E-state index < -0.39 is 0 Å². The second-order valence-corrected chi connectivity index (χ2v) is 6.00. The number of rotatable bonds is 4. The van der Waals surface area contributed by atoms with Gasteiger partial charge in [-0.25, -0.2) is 0 Å². The highest BCUT2D eigenvalue weighted by Crippen LogP contribution is 2.42. The third kappa shape index (κ3) is 2.73. The Morgan fingerprint density at radius 2 is 1.89 bits per heavy atom. The van der Waals surface area contributed by atoms with Crippen LogP contribution in [-0.2, 0) is 11.2 Å². The average molecular weight is 285 g/mol. The van der Waals surface area contributed by atoms with Crippen molar-refractivity contribution < 1.29 is 4.79 Å². The van der Waals surface area contributed by atoms with E-state index in [1.807, 2.05) is 6.07 Å². The molecule has 1 saturated carbocycles. The van der Waals surface area contributed by atoms with Gasteiger partial charge in [-0.15, -0.1) is 0 Å². The first kappa shape index (κ1) is 13.9. The third-order valence-electron chi connectivity index (χ3n) is 4.18. The fraction of sp³-hybridized carbons (Fsp3) is 0.533. The van der Waals surface area contributed by atoms with Gasteiger partial charge < -0.3 is 0 Å². The quantitative estimate of drug-likeness (QED) is 0.754. The lowest BCUT2D eigenvalue weighted by Gasteiger charge is -2.25. The maximum atomic E-state index is 12.5. The largest absolute Gasteiger partial charge is 0.299 e. The van der Waals surface area contributed by atoms with E-state index in [2.05, 4.69) is 6.92 Å². The monoisotopic (exact) mass is 284 g/mol. The number of benzene rings is 1. The molecule has 0 aliphatic heterocycles. The van der Waals surface area contributed by atoms with E-state index in [1.54, 1.807) is 12.1 Å². The standard InChI is InChI=1S/C15H18Cl2O/c1-2-15(7-3-4-8-15)14(18)10-11-5-6-12(16)13(17)9-11/h5-6,9H,2-4,7-8,10H2,1H3. The minimum atomic E-state index is -0.0773. The Morgan fingerprint density at radius 3 is 2.44 bits per heavy atom. The molecular formula is C15H18Cl2O. The van der Waals surface area contributed by atoms with Crippen LogP contribution in [0.5, 0.6) is 0 Å². The van der Waals surface area contributed by atoms with Crippen LogP contribution in [0.15, 0.2) is 18.2 Å². The summed E-state index contributed by atoms with van der Waals surface area (Å²) in [5.41, 5.74) is 0.890. The predicted octanol–water partition coefficient (Wildman–Crippen LogP) is 5.08. The molecule has 0 N–H and O–H groups in total. The van der Waals surface area contributed by atoms with Crippen molar-refractivity contribution in [3.05, 3.63) is 33.8 Å². The topological polar surface area (TPSA) is 17.1 Å². The van der Waals surface area contributed by atoms with Gasteiger partial charge in [-0.3, -0.25) is 4.79 Å². The second kappa shape index (κ2) is 5.63. The lowest BCUT2D eigenvalue weighted by molar-refractivity contribution is -0.128. The molecule has 0 saturated heterocycles. The highest BCUT2D eigenvalue weighted by molar-refractivity contribution is 6.42. The van der Waals surface area contributed by atoms with Gasteiger partial charge in [-0.05, 0) is 37.0 Å². The first-order valence-corrected chi connectivity index (χ1v) is 7.30. The minimum absolute atomic E-state index is 0.0773. The molecule has 2 rings (SSSR count). The molecule has 0 amide bonds. The molecule has 1 aromatic carbocycles. The van der Waals surface area contributed by atoms with Gasteiger partial charge in [0.05, 0.1) is 10.0 Å². The zero-order valence-corrected chi connectivity index (χ0v) is 12.2. The van der Waals surface area contributed by atoms with Gasteiger partial charge in [-0.1, -0.05) is 49.0 Å². The van der Waals surface area contributed by atoms with Crippen molar-refractivity contribution >= 4 is 29.0 Å². The minimum Gasteiger partial charge on any atom is -0.299 e. The molecule has 1 aliphatic rings. The van der Waals surface area contributed by atoms with Crippen molar-refractivity contribution in [1.29, 1.82) is 0 Å². The van der Waals surface area contributed by atoms with Crippen molar-refractivity contribution in [2.24, 2.45) is 5.41 Å². The number of carbonyl (C=O) groups excluding carboxylic acids is 1. The molecule has 1 aliphatic carbocycles. The van der Waals surface area contributed by atoms with Gasteiger partial charge in [0.2, 0.25) is 0 Å². The van der Waals surface area contributed by atoms with Crippen LogP contribution in [-0.4, -0.2) is 5.78 Å². The Balaban J connectivity index is 2.13. The molecule has 0 atom stereocenters. The zero-order chi connectivity index (χ0) is 13.2. The van der Waals surface area contributed by atoms with Crippen molar-refractivity contribution in [2.45, 2.75) is 45.4 Å². The first-order chi connectivity index (χ1) is 8.57. The molecule has 0 unspecified atom stereocenters. The lowest BCUT2D eigenvalue weighted by Crippen LogP contribution is -2.28. The fourth-order valence-corrected chi connectivity index (χ4v) is 3.22. The van der Waals surface area contributed by atoms with Crippen LogP contribution in [0, 0.1) is 5.41 Å². The summed E-state index contributed by atoms with van der Waals surface area (Å²) in [7, 11) is 0. The molecule has 18 heavy (non-hydrogen) atoms. The molecule has 0 aromatic heterocycles. The first-order valence-electron chi connectivity index (χ1n) is 6.54. The summed E-state index contributed by atoms with van der Waals surface area (Å²) >= 11 is 11.9. The summed E-state index contributed by atoms with van der Waals surface area (Å²) in [6.45, 7) is 2.12. The predicted molar refractivity (Wildman–Crippen MR) is 76.4 cm³/mol. The molecule has 1 fully saturated rings. The number of carbonyl (C=O) groups is 1. The maximum absolute atomic E-state index is 12.5. The molecule has 1 aromatic rings. The van der Waals surface area contributed by atoms with Crippen molar-refractivity contribution in [2.75, 3.05) is 0 Å². The molecule has 0 spiro atoms. The molecule has 0 radical (unpaired) electrons. The van der Waals surface area contributed by atoms with Gasteiger partial charge >= 0.3 is 0 Å². The number of hydrogen-bond donors (Lipinski definition) is 0. The van der Waals surface area contributed by atoms with E-state index in [1.165, 1.54) is 12.8 Å². The van der Waals surface area contributed by atoms with E-state index in [0.717, 1.165) is 24.8 Å². The van der Waals surface area contributed by atoms with Crippen LogP contribution in [0.1, 0.15) is 44.6 Å². The van der Waals surface area contributed by atoms with Crippen LogP contribution in [0.25, 0.3) is 0 Å². The Bertz CT molecular complexity index is 448. The van der Waals surface area contributed by atoms with Crippen molar-refractivity contribution in [3.8, 4) is 0 Å². The van der Waals surface area contributed by atoms with Crippen LogP contribution >= 0.6 is 23.2 Å². The summed E-state index contributed by atoms with van der Waals surface area (Å²) in [4.78, 5) is 12.5. The van der Waals surface area contributed by atoms with E-state index in [0.29, 0.717) is 22.2 Å². The van der Waals surface area contributed by atoms with Crippen molar-refractivity contribution in [1.82, 2.24) is 0 Å². The van der Waals surface area contributed by atoms with E-state index in [9.17, 15) is 4.79 Å². The summed E-state index contributed by atoms with van der Waals surface area (Å²) in [5, 5.41) is 1.07. The maximum Gasteiger partial charge on any atom is 0.143 e. The van der Waals surface area contributed by atoms with Crippen LogP contribution < -0.4 is 0 Å². The number of hydrogen-bond acceptors (Lipinski definition) is 1. The molecule has 3 heteroatoms. The smallest absolute Gasteiger partial charge is 0.143 e. The average Bonchev–Trinajstić information content (AvgIpc) is 2.84. The normalized spacial score (nSPS) is 17.9. The molecule has 0 heterocycles. The van der Waals surface area contributed by atoms with Gasteiger partial charge in [0.25, 0.3) is 0 Å². The number of ketones is 1. The summed E-state index contributed by atoms with van der Waals surface area (Å²) in [6, 6.07) is 5.46. The van der Waals surface area contributed by atoms with E-state index in [-0.39, 0.29) is 5.41 Å². The van der Waals surface area contributed by atoms with Crippen LogP contribution in [0.3, 0.4) is 0 Å². The van der Waals surface area contributed by atoms with Gasteiger partial charge in [0, 0.05) is 11.8 Å². The summed E-state index contributed by atoms with van der Waals surface area (Å²) in [6.07, 6.45) is 5.88. The number of halogens is 2. The Labute approximate surface area is 118 Å². The lowest BCUT2D eigenvalue weighted by atomic mass is 9.77. The highest BCUT2D eigenvalue weighted by atomic mass is 35.5. The second-order valence-electron chi connectivity index (χ2n) is 5.19. The Morgan fingerprint density at radius 1 is 1.22 bits per heavy atom. The fourth-order valence-electron chi connectivity index (χ4n) is 2.90. The molecular weight excluding hydrogens is 267 g/mol. The third-order valence-corrected chi connectivity index (χ3v) is 4.92. The number of Topliss-reactive ketones (excluding diaryl/α,β-unsaturated/α-hetero) is 1. The van der Waals surface area contributed by atoms with Gasteiger partial charge in [0.1, 0.15) is 5.78 Å². The zero-order valence-electron chi connectivity index (χ0n) is 10.6. The van der Waals surface area contributed by atoms with Gasteiger partial charge in [0.15, 0.2) is 0 Å². The SMILES string of the molecule is CCC1(C(=O)Cc2ccc(Cl)c(Cl)c2)CCCC1.